The van der Waals surface area contributed by atoms with Gasteiger partial charge in [0.15, 0.2) is 0 Å². The van der Waals surface area contributed by atoms with Crippen molar-refractivity contribution in [2.24, 2.45) is 17.3 Å². The molecule has 0 heterocycles. The van der Waals surface area contributed by atoms with Gasteiger partial charge in [-0.25, -0.2) is 0 Å². The summed E-state index contributed by atoms with van der Waals surface area (Å²) < 4.78 is 0. The summed E-state index contributed by atoms with van der Waals surface area (Å²) in [5.74, 6) is 1.37. The summed E-state index contributed by atoms with van der Waals surface area (Å²) in [5, 5.41) is 20.9. The number of aliphatic hydroxyl groups is 1. The Morgan fingerprint density at radius 1 is 1.21 bits per heavy atom. The SMILES string of the molecule is CCCC1CCC(O)(C2(C#N)CCCC(C)C2)CC1. The van der Waals surface area contributed by atoms with Crippen molar-refractivity contribution in [2.75, 3.05) is 0 Å². The number of hydrogen-bond acceptors (Lipinski definition) is 2. The molecule has 2 fully saturated rings. The molecule has 0 amide bonds. The third-order valence-corrected chi connectivity index (χ3v) is 5.73. The van der Waals surface area contributed by atoms with E-state index in [0.717, 1.165) is 50.9 Å². The number of rotatable bonds is 3. The fourth-order valence-corrected chi connectivity index (χ4v) is 4.51. The third kappa shape index (κ3) is 2.82. The molecular weight excluding hydrogens is 234 g/mol. The van der Waals surface area contributed by atoms with E-state index in [0.29, 0.717) is 5.92 Å². The van der Waals surface area contributed by atoms with Gasteiger partial charge in [-0.05, 0) is 50.4 Å². The minimum Gasteiger partial charge on any atom is -0.388 e. The molecule has 2 aliphatic rings. The Kier molecular flexibility index (Phi) is 4.56. The second-order valence-corrected chi connectivity index (χ2v) is 7.16. The van der Waals surface area contributed by atoms with Crippen molar-refractivity contribution in [1.29, 1.82) is 5.26 Å². The van der Waals surface area contributed by atoms with Crippen LogP contribution in [0.2, 0.25) is 0 Å². The summed E-state index contributed by atoms with van der Waals surface area (Å²) in [6, 6.07) is 2.55. The predicted molar refractivity (Wildman–Crippen MR) is 77.5 cm³/mol. The first-order chi connectivity index (χ1) is 9.05. The van der Waals surface area contributed by atoms with E-state index < -0.39 is 11.0 Å². The van der Waals surface area contributed by atoms with Crippen molar-refractivity contribution in [3.8, 4) is 6.07 Å². The van der Waals surface area contributed by atoms with Gasteiger partial charge in [-0.15, -0.1) is 0 Å². The first-order valence-electron chi connectivity index (χ1n) is 8.19. The molecule has 0 aromatic rings. The van der Waals surface area contributed by atoms with E-state index in [2.05, 4.69) is 19.9 Å². The molecule has 0 aromatic carbocycles. The molecular formula is C17H29NO. The molecule has 0 aromatic heterocycles. The molecule has 2 heteroatoms. The van der Waals surface area contributed by atoms with E-state index in [-0.39, 0.29) is 0 Å². The van der Waals surface area contributed by atoms with Crippen LogP contribution in [0.1, 0.15) is 78.1 Å². The van der Waals surface area contributed by atoms with Crippen LogP contribution >= 0.6 is 0 Å². The van der Waals surface area contributed by atoms with Crippen LogP contribution in [0.4, 0.5) is 0 Å². The Morgan fingerprint density at radius 2 is 1.89 bits per heavy atom. The Morgan fingerprint density at radius 3 is 2.42 bits per heavy atom. The standard InChI is InChI=1S/C17H29NO/c1-3-5-15-7-10-17(19,11-8-15)16(13-18)9-4-6-14(2)12-16/h14-15,19H,3-12H2,1-2H3. The lowest BCUT2D eigenvalue weighted by atomic mass is 9.56. The van der Waals surface area contributed by atoms with Gasteiger partial charge in [-0.1, -0.05) is 39.5 Å². The summed E-state index contributed by atoms with van der Waals surface area (Å²) >= 11 is 0. The highest BCUT2D eigenvalue weighted by molar-refractivity contribution is 5.14. The van der Waals surface area contributed by atoms with Crippen molar-refractivity contribution in [2.45, 2.75) is 83.7 Å². The molecule has 2 aliphatic carbocycles. The van der Waals surface area contributed by atoms with Crippen LogP contribution in [0.15, 0.2) is 0 Å². The van der Waals surface area contributed by atoms with Gasteiger partial charge in [0, 0.05) is 0 Å². The van der Waals surface area contributed by atoms with Gasteiger partial charge in [-0.2, -0.15) is 5.26 Å². The molecule has 0 saturated heterocycles. The Bertz CT molecular complexity index is 338. The van der Waals surface area contributed by atoms with E-state index >= 15 is 0 Å². The molecule has 19 heavy (non-hydrogen) atoms. The van der Waals surface area contributed by atoms with E-state index in [1.807, 2.05) is 0 Å². The zero-order valence-electron chi connectivity index (χ0n) is 12.6. The maximum absolute atomic E-state index is 11.1. The van der Waals surface area contributed by atoms with Crippen LogP contribution in [0.5, 0.6) is 0 Å². The summed E-state index contributed by atoms with van der Waals surface area (Å²) in [6.45, 7) is 4.47. The van der Waals surface area contributed by atoms with E-state index in [1.54, 1.807) is 0 Å². The first kappa shape index (κ1) is 14.9. The number of nitrogens with zero attached hydrogens (tertiary/aromatic N) is 1. The average molecular weight is 263 g/mol. The Balaban J connectivity index is 2.08. The van der Waals surface area contributed by atoms with Crippen LogP contribution in [0.25, 0.3) is 0 Å². The predicted octanol–water partition coefficient (Wildman–Crippen LogP) is 4.43. The highest BCUT2D eigenvalue weighted by atomic mass is 16.3. The monoisotopic (exact) mass is 263 g/mol. The van der Waals surface area contributed by atoms with Crippen LogP contribution < -0.4 is 0 Å². The maximum atomic E-state index is 11.1. The van der Waals surface area contributed by atoms with Crippen LogP contribution in [-0.4, -0.2) is 10.7 Å². The summed E-state index contributed by atoms with van der Waals surface area (Å²) in [7, 11) is 0. The van der Waals surface area contributed by atoms with Gasteiger partial charge in [0.2, 0.25) is 0 Å². The lowest BCUT2D eigenvalue weighted by Crippen LogP contribution is -2.51. The van der Waals surface area contributed by atoms with Crippen LogP contribution in [-0.2, 0) is 0 Å². The summed E-state index contributed by atoms with van der Waals surface area (Å²) in [6.07, 6.45) is 10.6. The second-order valence-electron chi connectivity index (χ2n) is 7.16. The van der Waals surface area contributed by atoms with Crippen molar-refractivity contribution in [3.05, 3.63) is 0 Å². The molecule has 2 rings (SSSR count). The molecule has 108 valence electrons. The maximum Gasteiger partial charge on any atom is 0.0862 e. The Hall–Kier alpha value is -0.550. The molecule has 2 nitrogen and oxygen atoms in total. The summed E-state index contributed by atoms with van der Waals surface area (Å²) in [4.78, 5) is 0. The minimum atomic E-state index is -0.708. The van der Waals surface area contributed by atoms with Crippen molar-refractivity contribution in [1.82, 2.24) is 0 Å². The zero-order valence-corrected chi connectivity index (χ0v) is 12.6. The molecule has 2 unspecified atom stereocenters. The van der Waals surface area contributed by atoms with E-state index in [9.17, 15) is 10.4 Å². The largest absolute Gasteiger partial charge is 0.388 e. The smallest absolute Gasteiger partial charge is 0.0862 e. The molecule has 0 spiro atoms. The molecule has 2 saturated carbocycles. The van der Waals surface area contributed by atoms with Gasteiger partial charge in [0.05, 0.1) is 17.1 Å². The first-order valence-corrected chi connectivity index (χ1v) is 8.19. The molecule has 0 aliphatic heterocycles. The zero-order chi connectivity index (χ0) is 13.9. The van der Waals surface area contributed by atoms with Gasteiger partial charge in [-0.3, -0.25) is 0 Å². The van der Waals surface area contributed by atoms with Crippen molar-refractivity contribution in [3.63, 3.8) is 0 Å². The quantitative estimate of drug-likeness (QED) is 0.818. The average Bonchev–Trinajstić information content (AvgIpc) is 2.41. The van der Waals surface area contributed by atoms with Crippen molar-refractivity contribution >= 4 is 0 Å². The lowest BCUT2D eigenvalue weighted by Gasteiger charge is -2.49. The third-order valence-electron chi connectivity index (χ3n) is 5.73. The second kappa shape index (κ2) is 5.83. The van der Waals surface area contributed by atoms with Gasteiger partial charge >= 0.3 is 0 Å². The fraction of sp³-hybridized carbons (Fsp3) is 0.941. The van der Waals surface area contributed by atoms with Crippen molar-refractivity contribution < 1.29 is 5.11 Å². The van der Waals surface area contributed by atoms with Crippen LogP contribution in [0.3, 0.4) is 0 Å². The van der Waals surface area contributed by atoms with E-state index in [4.69, 9.17) is 0 Å². The topological polar surface area (TPSA) is 44.0 Å². The number of nitriles is 1. The van der Waals surface area contributed by atoms with Gasteiger partial charge < -0.3 is 5.11 Å². The molecule has 0 bridgehead atoms. The lowest BCUT2D eigenvalue weighted by molar-refractivity contribution is -0.111. The highest BCUT2D eigenvalue weighted by Crippen LogP contribution is 2.53. The Labute approximate surface area is 118 Å². The van der Waals surface area contributed by atoms with Crippen LogP contribution in [0, 0.1) is 28.6 Å². The fourth-order valence-electron chi connectivity index (χ4n) is 4.51. The number of hydrogen-bond donors (Lipinski definition) is 1. The van der Waals surface area contributed by atoms with Gasteiger partial charge in [0.25, 0.3) is 0 Å². The minimum absolute atomic E-state index is 0.456. The van der Waals surface area contributed by atoms with E-state index in [1.165, 1.54) is 19.3 Å². The summed E-state index contributed by atoms with van der Waals surface area (Å²) in [5.41, 5.74) is -1.16. The molecule has 2 atom stereocenters. The molecule has 1 N–H and O–H groups in total. The molecule has 0 radical (unpaired) electrons. The normalized spacial score (nSPS) is 43.7. The highest BCUT2D eigenvalue weighted by Gasteiger charge is 2.53. The van der Waals surface area contributed by atoms with Gasteiger partial charge in [0.1, 0.15) is 0 Å².